The summed E-state index contributed by atoms with van der Waals surface area (Å²) >= 11 is 8.43. The summed E-state index contributed by atoms with van der Waals surface area (Å²) in [6, 6.07) is 8.21. The fraction of sp³-hybridized carbons (Fsp3) is 0.174. The Bertz CT molecular complexity index is 1530. The van der Waals surface area contributed by atoms with E-state index in [0.29, 0.717) is 24.8 Å². The number of halogens is 11. The molecule has 0 saturated carbocycles. The molecule has 4 rings (SSSR count). The van der Waals surface area contributed by atoms with Gasteiger partial charge in [-0.15, -0.1) is 0 Å². The Hall–Kier alpha value is -1.68. The lowest BCUT2D eigenvalue weighted by atomic mass is 10.1. The van der Waals surface area contributed by atoms with E-state index in [9.17, 15) is 35.1 Å². The number of nitrogens with two attached hydrogens (primary N) is 1. The highest BCUT2D eigenvalue weighted by Gasteiger charge is 2.42. The van der Waals surface area contributed by atoms with E-state index in [4.69, 9.17) is 5.73 Å². The summed E-state index contributed by atoms with van der Waals surface area (Å²) in [5.41, 5.74) is 2.35. The second-order valence-electron chi connectivity index (χ2n) is 7.80. The zero-order chi connectivity index (χ0) is 28.0. The summed E-state index contributed by atoms with van der Waals surface area (Å²) < 4.78 is 113. The zero-order valence-electron chi connectivity index (χ0n) is 19.0. The van der Waals surface area contributed by atoms with Crippen molar-refractivity contribution in [3.63, 3.8) is 0 Å². The average molecular weight is 744 g/mol. The second-order valence-corrected chi connectivity index (χ2v) is 11.5. The minimum absolute atomic E-state index is 0. The molecule has 1 heterocycles. The van der Waals surface area contributed by atoms with Crippen LogP contribution < -0.4 is 22.7 Å². The number of alkyl halides is 6. The van der Waals surface area contributed by atoms with Crippen LogP contribution in [0.2, 0.25) is 0 Å². The molecule has 0 atom stereocenters. The molecular formula is C23H14Br2ClF8N3S2. The van der Waals surface area contributed by atoms with Gasteiger partial charge in [-0.25, -0.2) is 17.9 Å². The summed E-state index contributed by atoms with van der Waals surface area (Å²) in [5, 5.41) is 0. The van der Waals surface area contributed by atoms with E-state index < -0.39 is 40.6 Å². The van der Waals surface area contributed by atoms with Crippen molar-refractivity contribution in [3.8, 4) is 0 Å². The zero-order valence-corrected chi connectivity index (χ0v) is 24.5. The van der Waals surface area contributed by atoms with Crippen LogP contribution in [0.25, 0.3) is 11.0 Å². The van der Waals surface area contributed by atoms with Gasteiger partial charge in [0.15, 0.2) is 5.52 Å². The monoisotopic (exact) mass is 741 g/mol. The lowest BCUT2D eigenvalue weighted by molar-refractivity contribution is -0.635. The van der Waals surface area contributed by atoms with Crippen LogP contribution in [0.15, 0.2) is 67.3 Å². The van der Waals surface area contributed by atoms with Crippen molar-refractivity contribution in [2.75, 3.05) is 5.73 Å². The minimum Gasteiger partial charge on any atom is -1.00 e. The number of rotatable bonds is 6. The topological polar surface area (TPSA) is 34.8 Å². The van der Waals surface area contributed by atoms with Crippen molar-refractivity contribution in [1.29, 1.82) is 0 Å². The number of nitrogen functional groups attached to an aromatic ring is 1. The molecule has 0 aliphatic carbocycles. The first-order chi connectivity index (χ1) is 17.7. The van der Waals surface area contributed by atoms with Crippen molar-refractivity contribution >= 4 is 72.4 Å². The molecule has 0 aliphatic rings. The van der Waals surface area contributed by atoms with Gasteiger partial charge in [-0.3, -0.25) is 5.73 Å². The summed E-state index contributed by atoms with van der Waals surface area (Å²) in [5.74, 6) is -1.70. The molecule has 0 unspecified atom stereocenters. The lowest BCUT2D eigenvalue weighted by Gasteiger charge is -2.13. The third-order valence-corrected chi connectivity index (χ3v) is 9.27. The maximum atomic E-state index is 14.1. The number of thioether (sulfide) groups is 2. The fourth-order valence-electron chi connectivity index (χ4n) is 3.59. The first-order valence-electron chi connectivity index (χ1n) is 10.3. The van der Waals surface area contributed by atoms with E-state index in [1.54, 1.807) is 0 Å². The van der Waals surface area contributed by atoms with Gasteiger partial charge < -0.3 is 12.4 Å². The van der Waals surface area contributed by atoms with Crippen LogP contribution in [-0.4, -0.2) is 4.57 Å². The van der Waals surface area contributed by atoms with Gasteiger partial charge in [-0.2, -0.15) is 26.3 Å². The quantitative estimate of drug-likeness (QED) is 0.153. The molecule has 0 amide bonds. The Balaban J connectivity index is 0.00000420. The number of nitrogens with zero attached hydrogens (tertiary/aromatic N) is 2. The largest absolute Gasteiger partial charge is 1.00 e. The van der Waals surface area contributed by atoms with E-state index in [0.717, 1.165) is 32.7 Å². The average Bonchev–Trinajstić information content (AvgIpc) is 3.06. The lowest BCUT2D eigenvalue weighted by Crippen LogP contribution is -3.00. The predicted octanol–water partition coefficient (Wildman–Crippen LogP) is 5.86. The molecule has 0 fully saturated rings. The number of imidazole rings is 1. The number of anilines is 1. The third kappa shape index (κ3) is 6.97. The summed E-state index contributed by atoms with van der Waals surface area (Å²) in [4.78, 5) is 0.969. The highest BCUT2D eigenvalue weighted by molar-refractivity contribution is 9.10. The van der Waals surface area contributed by atoms with Gasteiger partial charge in [0.25, 0.3) is 0 Å². The van der Waals surface area contributed by atoms with Crippen molar-refractivity contribution in [2.45, 2.75) is 33.9 Å². The molecular weight excluding hydrogens is 730 g/mol. The Morgan fingerprint density at radius 1 is 0.795 bits per heavy atom. The Kier molecular flexibility index (Phi) is 9.84. The van der Waals surface area contributed by atoms with Crippen molar-refractivity contribution < 1.29 is 52.1 Å². The summed E-state index contributed by atoms with van der Waals surface area (Å²) in [6.45, 7) is 0. The van der Waals surface area contributed by atoms with Gasteiger partial charge in [0, 0.05) is 18.7 Å². The predicted molar refractivity (Wildman–Crippen MR) is 136 cm³/mol. The van der Waals surface area contributed by atoms with Gasteiger partial charge >= 0.3 is 18.3 Å². The standard InChI is InChI=1S/C23H13Br2F8N3S2.ClH/c24-15-7-12(26)1-3-18(15)37-9-35-17-6-11(22(28,29)30)5-14(23(31,32)33)20(17)36(21(35)34)10-38-19-4-2-13(27)8-16(19)25;/h1-8,34H,9-10H2;1H. The van der Waals surface area contributed by atoms with Crippen LogP contribution in [0, 0.1) is 11.6 Å². The summed E-state index contributed by atoms with van der Waals surface area (Å²) in [7, 11) is 0. The molecule has 3 aromatic carbocycles. The van der Waals surface area contributed by atoms with Crippen molar-refractivity contribution in [1.82, 2.24) is 4.57 Å². The number of aromatic nitrogens is 2. The van der Waals surface area contributed by atoms with Crippen LogP contribution >= 0.6 is 55.4 Å². The Morgan fingerprint density at radius 3 is 1.82 bits per heavy atom. The van der Waals surface area contributed by atoms with Crippen molar-refractivity contribution in [3.05, 3.63) is 80.2 Å². The summed E-state index contributed by atoms with van der Waals surface area (Å²) in [6.07, 6.45) is -10.2. The first kappa shape index (κ1) is 31.8. The molecule has 0 spiro atoms. The van der Waals surface area contributed by atoms with Gasteiger partial charge in [0.1, 0.15) is 28.9 Å². The maximum Gasteiger partial charge on any atom is 0.419 e. The van der Waals surface area contributed by atoms with E-state index in [2.05, 4.69) is 31.9 Å². The normalized spacial score (nSPS) is 12.2. The molecule has 210 valence electrons. The third-order valence-electron chi connectivity index (χ3n) is 5.32. The van der Waals surface area contributed by atoms with Gasteiger partial charge in [-0.05, 0) is 80.4 Å². The molecule has 16 heteroatoms. The van der Waals surface area contributed by atoms with Crippen LogP contribution in [0.1, 0.15) is 11.1 Å². The number of benzene rings is 3. The second kappa shape index (κ2) is 12.0. The van der Waals surface area contributed by atoms with Gasteiger partial charge in [0.2, 0.25) is 0 Å². The number of hydrogen-bond acceptors (Lipinski definition) is 3. The molecule has 0 saturated heterocycles. The minimum atomic E-state index is -5.13. The van der Waals surface area contributed by atoms with Crippen LogP contribution in [0.5, 0.6) is 0 Å². The van der Waals surface area contributed by atoms with Gasteiger partial charge in [-0.1, -0.05) is 23.5 Å². The molecule has 1 aromatic heterocycles. The van der Waals surface area contributed by atoms with Crippen LogP contribution in [0.3, 0.4) is 0 Å². The maximum absolute atomic E-state index is 14.1. The van der Waals surface area contributed by atoms with Crippen LogP contribution in [-0.2, 0) is 24.1 Å². The molecule has 2 N–H and O–H groups in total. The van der Waals surface area contributed by atoms with Gasteiger partial charge in [0.05, 0.1) is 11.1 Å². The Morgan fingerprint density at radius 2 is 1.33 bits per heavy atom. The number of fused-ring (bicyclic) bond motifs is 1. The molecule has 0 bridgehead atoms. The first-order valence-corrected chi connectivity index (χ1v) is 13.9. The number of hydrogen-bond donors (Lipinski definition) is 1. The highest BCUT2D eigenvalue weighted by atomic mass is 79.9. The SMILES string of the molecule is Nc1n(CSc2ccc(F)cc2Br)c2cc(C(F)(F)F)cc(C(F)(F)F)c2[n+]1CSc1ccc(F)cc1Br.[Cl-]. The van der Waals surface area contributed by atoms with E-state index in [-0.39, 0.29) is 41.7 Å². The van der Waals surface area contributed by atoms with E-state index >= 15 is 0 Å². The Labute approximate surface area is 247 Å². The van der Waals surface area contributed by atoms with E-state index in [1.807, 2.05) is 0 Å². The molecule has 0 aliphatic heterocycles. The molecule has 39 heavy (non-hydrogen) atoms. The van der Waals surface area contributed by atoms with Crippen molar-refractivity contribution in [2.24, 2.45) is 0 Å². The van der Waals surface area contributed by atoms with Crippen LogP contribution in [0.4, 0.5) is 41.1 Å². The molecule has 0 radical (unpaired) electrons. The van der Waals surface area contributed by atoms with E-state index in [1.165, 1.54) is 36.4 Å². The molecule has 3 nitrogen and oxygen atoms in total. The smallest absolute Gasteiger partial charge is 0.419 e. The highest BCUT2D eigenvalue weighted by Crippen LogP contribution is 2.41. The fourth-order valence-corrected chi connectivity index (χ4v) is 6.77. The molecule has 4 aromatic rings.